The van der Waals surface area contributed by atoms with Crippen molar-refractivity contribution in [1.29, 1.82) is 0 Å². The van der Waals surface area contributed by atoms with Gasteiger partial charge < -0.3 is 14.4 Å². The van der Waals surface area contributed by atoms with Crippen molar-refractivity contribution in [1.82, 2.24) is 19.5 Å². The molecule has 220 valence electrons. The minimum atomic E-state index is -4.19. The summed E-state index contributed by atoms with van der Waals surface area (Å²) >= 11 is 0. The lowest BCUT2D eigenvalue weighted by molar-refractivity contribution is -0.0506. The topological polar surface area (TPSA) is 110 Å². The van der Waals surface area contributed by atoms with E-state index in [1.807, 2.05) is 0 Å². The summed E-state index contributed by atoms with van der Waals surface area (Å²) in [6.07, 6.45) is 3.02. The largest absolute Gasteiger partial charge is 0.434 e. The van der Waals surface area contributed by atoms with Gasteiger partial charge in [0, 0.05) is 41.6 Å². The van der Waals surface area contributed by atoms with Gasteiger partial charge in [-0.15, -0.1) is 0 Å². The van der Waals surface area contributed by atoms with Gasteiger partial charge in [0.15, 0.2) is 5.82 Å². The van der Waals surface area contributed by atoms with Gasteiger partial charge in [-0.25, -0.2) is 27.8 Å². The van der Waals surface area contributed by atoms with Crippen molar-refractivity contribution in [3.8, 4) is 16.9 Å². The number of aliphatic hydroxyl groups is 1. The molecule has 2 bridgehead atoms. The number of benzene rings is 3. The highest BCUT2D eigenvalue weighted by atomic mass is 32.2. The summed E-state index contributed by atoms with van der Waals surface area (Å²) in [5, 5.41) is 10.2. The molecule has 13 heteroatoms. The molecule has 5 aromatic rings. The van der Waals surface area contributed by atoms with Gasteiger partial charge in [0.25, 0.3) is 10.0 Å². The van der Waals surface area contributed by atoms with E-state index in [4.69, 9.17) is 4.74 Å². The summed E-state index contributed by atoms with van der Waals surface area (Å²) in [7, 11) is -4.19. The Morgan fingerprint density at radius 3 is 2.42 bits per heavy atom. The van der Waals surface area contributed by atoms with Gasteiger partial charge in [0.1, 0.15) is 29.0 Å². The molecular weight excluding hydrogens is 583 g/mol. The second-order valence-corrected chi connectivity index (χ2v) is 12.8. The van der Waals surface area contributed by atoms with Crippen LogP contribution >= 0.6 is 0 Å². The molecule has 0 spiro atoms. The standard InChI is InChI=1S/C30H24F3N5O4S/c1-30(2,39)28-34-14-16(15-35-28)18-11-22-20(12-19(18)31)36-27-24-13-23(37(22)27)26-21(9-6-10-25(26)42-29(32)33)38(24)43(40,41)17-7-4-3-5-8-17/h3-12,14-15,23-24,29,39H,13H2,1-2H3/t23-,24-/m1/s1. The molecule has 0 fully saturated rings. The number of sulfonamides is 1. The summed E-state index contributed by atoms with van der Waals surface area (Å²) in [6.45, 7) is -0.0720. The fourth-order valence-electron chi connectivity index (χ4n) is 6.00. The smallest absolute Gasteiger partial charge is 0.387 e. The quantitative estimate of drug-likeness (QED) is 0.264. The molecule has 2 atom stereocenters. The van der Waals surface area contributed by atoms with Crippen LogP contribution in [0, 0.1) is 5.82 Å². The number of nitrogens with zero attached hydrogens (tertiary/aromatic N) is 5. The number of ether oxygens (including phenoxy) is 1. The average Bonchev–Trinajstić information content (AvgIpc) is 3.47. The third kappa shape index (κ3) is 4.25. The Kier molecular flexibility index (Phi) is 6.05. The molecule has 2 aliphatic rings. The lowest BCUT2D eigenvalue weighted by Gasteiger charge is -2.36. The molecule has 2 aliphatic heterocycles. The van der Waals surface area contributed by atoms with Gasteiger partial charge in [-0.1, -0.05) is 24.3 Å². The van der Waals surface area contributed by atoms with Gasteiger partial charge in [-0.05, 0) is 44.2 Å². The maximum absolute atomic E-state index is 15.5. The summed E-state index contributed by atoms with van der Waals surface area (Å²) in [5.41, 5.74) is 0.432. The fourth-order valence-corrected chi connectivity index (χ4v) is 7.66. The Hall–Kier alpha value is -4.49. The van der Waals surface area contributed by atoms with Gasteiger partial charge >= 0.3 is 6.61 Å². The second kappa shape index (κ2) is 9.51. The number of hydrogen-bond acceptors (Lipinski definition) is 7. The number of aromatic nitrogens is 4. The van der Waals surface area contributed by atoms with Crippen LogP contribution in [-0.4, -0.2) is 39.7 Å². The summed E-state index contributed by atoms with van der Waals surface area (Å²) in [5.74, 6) is -0.245. The van der Waals surface area contributed by atoms with Crippen LogP contribution in [0.4, 0.5) is 18.9 Å². The van der Waals surface area contributed by atoms with Crippen molar-refractivity contribution in [2.45, 2.75) is 49.5 Å². The molecule has 4 heterocycles. The van der Waals surface area contributed by atoms with Crippen molar-refractivity contribution < 1.29 is 31.4 Å². The first kappa shape index (κ1) is 27.3. The molecular formula is C30H24F3N5O4S. The molecule has 0 saturated carbocycles. The van der Waals surface area contributed by atoms with E-state index >= 15 is 4.39 Å². The van der Waals surface area contributed by atoms with Gasteiger partial charge in [0.05, 0.1) is 27.7 Å². The van der Waals surface area contributed by atoms with Crippen LogP contribution in [0.15, 0.2) is 78.0 Å². The molecule has 0 aliphatic carbocycles. The molecule has 1 N–H and O–H groups in total. The second-order valence-electron chi connectivity index (χ2n) is 11.0. The number of anilines is 1. The first-order valence-corrected chi connectivity index (χ1v) is 14.8. The van der Waals surface area contributed by atoms with E-state index in [9.17, 15) is 22.3 Å². The molecule has 2 aromatic heterocycles. The molecule has 0 radical (unpaired) electrons. The number of fused-ring (bicyclic) bond motifs is 3. The first-order valence-electron chi connectivity index (χ1n) is 13.4. The lowest BCUT2D eigenvalue weighted by atomic mass is 9.95. The first-order chi connectivity index (χ1) is 20.4. The van der Waals surface area contributed by atoms with Crippen molar-refractivity contribution in [2.24, 2.45) is 0 Å². The van der Waals surface area contributed by atoms with Crippen LogP contribution < -0.4 is 9.04 Å². The van der Waals surface area contributed by atoms with Crippen LogP contribution in [0.1, 0.15) is 49.6 Å². The molecule has 7 rings (SSSR count). The highest BCUT2D eigenvalue weighted by Gasteiger charge is 2.50. The lowest BCUT2D eigenvalue weighted by Crippen LogP contribution is -2.37. The molecule has 3 aromatic carbocycles. The zero-order valence-electron chi connectivity index (χ0n) is 22.8. The summed E-state index contributed by atoms with van der Waals surface area (Å²) < 4.78 is 78.7. The predicted octanol–water partition coefficient (Wildman–Crippen LogP) is 5.70. The predicted molar refractivity (Wildman–Crippen MR) is 151 cm³/mol. The maximum atomic E-state index is 15.5. The third-order valence-electron chi connectivity index (χ3n) is 7.78. The maximum Gasteiger partial charge on any atom is 0.387 e. The number of alkyl halides is 2. The van der Waals surface area contributed by atoms with E-state index < -0.39 is 40.1 Å². The Labute approximate surface area is 244 Å². The monoisotopic (exact) mass is 607 g/mol. The van der Waals surface area contributed by atoms with E-state index in [2.05, 4.69) is 15.0 Å². The van der Waals surface area contributed by atoms with Gasteiger partial charge in [0.2, 0.25) is 0 Å². The minimum Gasteiger partial charge on any atom is -0.434 e. The molecule has 9 nitrogen and oxygen atoms in total. The van der Waals surface area contributed by atoms with Crippen molar-refractivity contribution >= 4 is 26.7 Å². The molecule has 43 heavy (non-hydrogen) atoms. The third-order valence-corrected chi connectivity index (χ3v) is 9.62. The highest BCUT2D eigenvalue weighted by molar-refractivity contribution is 7.92. The normalized spacial score (nSPS) is 17.8. The van der Waals surface area contributed by atoms with E-state index in [0.717, 1.165) is 0 Å². The number of halogens is 3. The molecule has 0 amide bonds. The number of imidazole rings is 1. The average molecular weight is 608 g/mol. The van der Waals surface area contributed by atoms with Crippen molar-refractivity contribution in [2.75, 3.05) is 4.31 Å². The molecule has 0 saturated heterocycles. The minimum absolute atomic E-state index is 0.0250. The molecule has 0 unspecified atom stereocenters. The zero-order chi connectivity index (χ0) is 30.3. The van der Waals surface area contributed by atoms with Crippen LogP contribution in [0.3, 0.4) is 0 Å². The van der Waals surface area contributed by atoms with Crippen LogP contribution in [0.25, 0.3) is 22.2 Å². The van der Waals surface area contributed by atoms with E-state index in [1.54, 1.807) is 34.9 Å². The Morgan fingerprint density at radius 1 is 1.02 bits per heavy atom. The zero-order valence-corrected chi connectivity index (χ0v) is 23.6. The highest BCUT2D eigenvalue weighted by Crippen LogP contribution is 2.56. The summed E-state index contributed by atoms with van der Waals surface area (Å²) in [6, 6.07) is 13.6. The number of hydrogen-bond donors (Lipinski definition) is 1. The van der Waals surface area contributed by atoms with E-state index in [-0.39, 0.29) is 45.2 Å². The van der Waals surface area contributed by atoms with E-state index in [0.29, 0.717) is 16.9 Å². The summed E-state index contributed by atoms with van der Waals surface area (Å²) in [4.78, 5) is 13.1. The van der Waals surface area contributed by atoms with Crippen molar-refractivity contribution in [3.63, 3.8) is 0 Å². The van der Waals surface area contributed by atoms with Gasteiger partial charge in [-0.3, -0.25) is 4.31 Å². The number of rotatable bonds is 6. The van der Waals surface area contributed by atoms with Crippen molar-refractivity contribution in [3.05, 3.63) is 96.1 Å². The van der Waals surface area contributed by atoms with Crippen LogP contribution in [-0.2, 0) is 15.6 Å². The van der Waals surface area contributed by atoms with Crippen LogP contribution in [0.5, 0.6) is 5.75 Å². The Balaban J connectivity index is 1.45. The SMILES string of the molecule is CC(C)(O)c1ncc(-c2cc3c(cc2F)nc2n3[C@@H]3C[C@H]2N(S(=O)(=O)c2ccccc2)c2cccc(OC(F)F)c23)cn1. The fraction of sp³-hybridized carbons (Fsp3) is 0.233. The van der Waals surface area contributed by atoms with E-state index in [1.165, 1.54) is 60.9 Å². The van der Waals surface area contributed by atoms with Crippen LogP contribution in [0.2, 0.25) is 0 Å². The Morgan fingerprint density at radius 2 is 1.74 bits per heavy atom. The Bertz CT molecular complexity index is 1990. The van der Waals surface area contributed by atoms with Gasteiger partial charge in [-0.2, -0.15) is 8.78 Å².